The van der Waals surface area contributed by atoms with Crippen LogP contribution in [0.15, 0.2) is 11.4 Å². The molecule has 1 saturated carbocycles. The zero-order chi connectivity index (χ0) is 15.1. The first kappa shape index (κ1) is 14.7. The summed E-state index contributed by atoms with van der Waals surface area (Å²) >= 11 is 0. The number of hydrogen-bond donors (Lipinski definition) is 2. The fourth-order valence-electron chi connectivity index (χ4n) is 2.05. The molecule has 2 atom stereocenters. The van der Waals surface area contributed by atoms with Crippen molar-refractivity contribution in [1.82, 2.24) is 9.97 Å². The van der Waals surface area contributed by atoms with Crippen LogP contribution in [0.25, 0.3) is 0 Å². The molecule has 0 amide bonds. The normalized spacial score (nSPS) is 24.6. The summed E-state index contributed by atoms with van der Waals surface area (Å²) in [7, 11) is -3.54. The molecule has 1 aliphatic carbocycles. The van der Waals surface area contributed by atoms with Gasteiger partial charge in [0.2, 0.25) is 15.0 Å². The molecule has 0 unspecified atom stereocenters. The second kappa shape index (κ2) is 4.68. The summed E-state index contributed by atoms with van der Waals surface area (Å²) in [6, 6.07) is 1.84. The number of nitriles is 1. The van der Waals surface area contributed by atoms with Gasteiger partial charge in [0.15, 0.2) is 0 Å². The first-order valence-corrected chi connectivity index (χ1v) is 7.97. The van der Waals surface area contributed by atoms with Gasteiger partial charge in [-0.15, -0.1) is 0 Å². The summed E-state index contributed by atoms with van der Waals surface area (Å²) in [5, 5.41) is 21.4. The minimum absolute atomic E-state index is 0.0769. The first-order valence-electron chi connectivity index (χ1n) is 6.08. The summed E-state index contributed by atoms with van der Waals surface area (Å²) in [6.07, 6.45) is 2.29. The lowest BCUT2D eigenvalue weighted by atomic mass is 9.64. The summed E-state index contributed by atoms with van der Waals surface area (Å²) in [5.41, 5.74) is -0.183. The smallest absolute Gasteiger partial charge is 0.248 e. The lowest BCUT2D eigenvalue weighted by molar-refractivity contribution is -0.0511. The van der Waals surface area contributed by atoms with Crippen molar-refractivity contribution < 1.29 is 13.5 Å². The van der Waals surface area contributed by atoms with E-state index in [4.69, 9.17) is 5.26 Å². The van der Waals surface area contributed by atoms with Gasteiger partial charge in [-0.1, -0.05) is 13.8 Å². The molecule has 20 heavy (non-hydrogen) atoms. The van der Waals surface area contributed by atoms with E-state index in [1.165, 1.54) is 6.20 Å². The van der Waals surface area contributed by atoms with E-state index in [9.17, 15) is 13.5 Å². The second-order valence-corrected chi connectivity index (χ2v) is 7.48. The second-order valence-electron chi connectivity index (χ2n) is 5.57. The molecule has 8 heteroatoms. The van der Waals surface area contributed by atoms with E-state index in [0.717, 1.165) is 6.26 Å². The lowest BCUT2D eigenvalue weighted by Crippen LogP contribution is -2.57. The quantitative estimate of drug-likeness (QED) is 0.772. The Kier molecular flexibility index (Phi) is 3.44. The fraction of sp³-hybridized carbons (Fsp3) is 0.583. The Balaban J connectivity index is 2.34. The van der Waals surface area contributed by atoms with Gasteiger partial charge in [0.05, 0.1) is 12.3 Å². The van der Waals surface area contributed by atoms with E-state index in [2.05, 4.69) is 15.3 Å². The highest BCUT2D eigenvalue weighted by molar-refractivity contribution is 7.90. The Bertz CT molecular complexity index is 678. The van der Waals surface area contributed by atoms with Crippen molar-refractivity contribution in [2.24, 2.45) is 5.41 Å². The van der Waals surface area contributed by atoms with Crippen LogP contribution in [-0.2, 0) is 9.84 Å². The number of nitrogens with zero attached hydrogens (tertiary/aromatic N) is 3. The molecule has 1 aliphatic rings. The van der Waals surface area contributed by atoms with Crippen molar-refractivity contribution in [2.75, 3.05) is 11.6 Å². The molecule has 1 fully saturated rings. The number of anilines is 1. The minimum atomic E-state index is -3.54. The van der Waals surface area contributed by atoms with Crippen LogP contribution in [0.1, 0.15) is 25.8 Å². The number of nitrogens with one attached hydrogen (secondary N) is 1. The third-order valence-corrected chi connectivity index (χ3v) is 4.61. The highest BCUT2D eigenvalue weighted by atomic mass is 32.2. The topological polar surface area (TPSA) is 116 Å². The molecule has 2 rings (SSSR count). The Morgan fingerprint density at radius 1 is 1.55 bits per heavy atom. The molecule has 0 aliphatic heterocycles. The van der Waals surface area contributed by atoms with Crippen LogP contribution in [0, 0.1) is 16.7 Å². The Hall–Kier alpha value is -1.72. The van der Waals surface area contributed by atoms with Crippen molar-refractivity contribution in [3.8, 4) is 6.07 Å². The number of hydrogen-bond acceptors (Lipinski definition) is 7. The Morgan fingerprint density at radius 3 is 2.65 bits per heavy atom. The Morgan fingerprint density at radius 2 is 2.20 bits per heavy atom. The van der Waals surface area contributed by atoms with Gasteiger partial charge in [-0.2, -0.15) is 10.2 Å². The van der Waals surface area contributed by atoms with Crippen LogP contribution in [0.5, 0.6) is 0 Å². The molecule has 7 nitrogen and oxygen atoms in total. The third kappa shape index (κ3) is 2.46. The number of sulfone groups is 1. The molecule has 1 aromatic rings. The number of aromatic nitrogens is 2. The van der Waals surface area contributed by atoms with Crippen LogP contribution in [0.4, 0.5) is 5.82 Å². The van der Waals surface area contributed by atoms with Gasteiger partial charge in [0, 0.05) is 17.7 Å². The van der Waals surface area contributed by atoms with Gasteiger partial charge in [0.25, 0.3) is 0 Å². The zero-order valence-electron chi connectivity index (χ0n) is 11.5. The van der Waals surface area contributed by atoms with Crippen LogP contribution in [0.2, 0.25) is 0 Å². The molecular formula is C12H16N4O3S. The predicted molar refractivity (Wildman–Crippen MR) is 71.7 cm³/mol. The van der Waals surface area contributed by atoms with E-state index >= 15 is 0 Å². The molecule has 0 aromatic carbocycles. The van der Waals surface area contributed by atoms with Crippen molar-refractivity contribution in [3.05, 3.63) is 11.8 Å². The highest BCUT2D eigenvalue weighted by Gasteiger charge is 2.47. The van der Waals surface area contributed by atoms with Gasteiger partial charge in [0.1, 0.15) is 17.5 Å². The lowest BCUT2D eigenvalue weighted by Gasteiger charge is -2.49. The Labute approximate surface area is 117 Å². The summed E-state index contributed by atoms with van der Waals surface area (Å²) < 4.78 is 22.9. The molecular weight excluding hydrogens is 280 g/mol. The van der Waals surface area contributed by atoms with Crippen molar-refractivity contribution in [2.45, 2.75) is 37.6 Å². The maximum Gasteiger partial charge on any atom is 0.248 e. The zero-order valence-corrected chi connectivity index (χ0v) is 12.3. The van der Waals surface area contributed by atoms with E-state index in [-0.39, 0.29) is 28.0 Å². The SMILES string of the molecule is CC1(C)[C@@H](O)C[C@H]1Nc1nc(S(C)(=O)=O)ncc1C#N. The summed E-state index contributed by atoms with van der Waals surface area (Å²) in [6.45, 7) is 3.78. The largest absolute Gasteiger partial charge is 0.392 e. The van der Waals surface area contributed by atoms with Crippen LogP contribution < -0.4 is 5.32 Å². The van der Waals surface area contributed by atoms with Crippen molar-refractivity contribution >= 4 is 15.7 Å². The number of aliphatic hydroxyl groups is 1. The maximum atomic E-state index is 11.5. The van der Waals surface area contributed by atoms with Crippen molar-refractivity contribution in [3.63, 3.8) is 0 Å². The number of rotatable bonds is 3. The van der Waals surface area contributed by atoms with Crippen LogP contribution in [0.3, 0.4) is 0 Å². The molecule has 0 saturated heterocycles. The summed E-state index contributed by atoms with van der Waals surface area (Å²) in [4.78, 5) is 7.59. The van der Waals surface area contributed by atoms with Gasteiger partial charge < -0.3 is 10.4 Å². The van der Waals surface area contributed by atoms with Crippen molar-refractivity contribution in [1.29, 1.82) is 5.26 Å². The van der Waals surface area contributed by atoms with E-state index in [0.29, 0.717) is 6.42 Å². The molecule has 2 N–H and O–H groups in total. The maximum absolute atomic E-state index is 11.5. The van der Waals surface area contributed by atoms with Gasteiger partial charge in [-0.3, -0.25) is 0 Å². The van der Waals surface area contributed by atoms with E-state index in [1.54, 1.807) is 0 Å². The van der Waals surface area contributed by atoms with Gasteiger partial charge >= 0.3 is 0 Å². The molecule has 1 aromatic heterocycles. The standard InChI is InChI=1S/C12H16N4O3S/c1-12(2)8(4-9(12)17)15-10-7(5-13)6-14-11(16-10)20(3,18)19/h6,8-9,17H,4H2,1-3H3,(H,14,15,16)/t8-,9+/m1/s1. The molecule has 0 spiro atoms. The summed E-state index contributed by atoms with van der Waals surface area (Å²) in [5.74, 6) is 0.188. The molecule has 0 radical (unpaired) electrons. The van der Waals surface area contributed by atoms with Gasteiger partial charge in [-0.25, -0.2) is 13.4 Å². The number of aliphatic hydroxyl groups excluding tert-OH is 1. The van der Waals surface area contributed by atoms with Crippen LogP contribution in [-0.4, -0.2) is 41.9 Å². The monoisotopic (exact) mass is 296 g/mol. The predicted octanol–water partition coefficient (Wildman–Crippen LogP) is 0.323. The minimum Gasteiger partial charge on any atom is -0.392 e. The third-order valence-electron chi connectivity index (χ3n) is 3.75. The average molecular weight is 296 g/mol. The van der Waals surface area contributed by atoms with E-state index in [1.807, 2.05) is 19.9 Å². The van der Waals surface area contributed by atoms with Crippen LogP contribution >= 0.6 is 0 Å². The highest BCUT2D eigenvalue weighted by Crippen LogP contribution is 2.42. The fourth-order valence-corrected chi connectivity index (χ4v) is 2.55. The van der Waals surface area contributed by atoms with E-state index < -0.39 is 15.9 Å². The average Bonchev–Trinajstić information content (AvgIpc) is 2.37. The molecule has 0 bridgehead atoms. The van der Waals surface area contributed by atoms with Gasteiger partial charge in [-0.05, 0) is 6.42 Å². The first-order chi connectivity index (χ1) is 9.16. The molecule has 108 valence electrons. The molecule has 1 heterocycles.